The number of esters is 1. The average molecular weight is 393 g/mol. The summed E-state index contributed by atoms with van der Waals surface area (Å²) in [5.74, 6) is -0.206. The third-order valence-electron chi connectivity index (χ3n) is 5.03. The highest BCUT2D eigenvalue weighted by molar-refractivity contribution is 6.74. The SMILES string of the molecule is CC(=O)O[C@H](/C=C/COCc1ccccc1)[C@@H](C)CO[Si](C)(C)C(C)(C)C. The van der Waals surface area contributed by atoms with Gasteiger partial charge in [0.15, 0.2) is 8.32 Å². The Hall–Kier alpha value is -1.43. The van der Waals surface area contributed by atoms with E-state index in [-0.39, 0.29) is 23.0 Å². The van der Waals surface area contributed by atoms with E-state index in [9.17, 15) is 4.79 Å². The molecule has 0 amide bonds. The minimum Gasteiger partial charge on any atom is -0.458 e. The largest absolute Gasteiger partial charge is 0.458 e. The van der Waals surface area contributed by atoms with Crippen molar-refractivity contribution < 1.29 is 18.7 Å². The molecule has 152 valence electrons. The highest BCUT2D eigenvalue weighted by Crippen LogP contribution is 2.37. The predicted molar refractivity (Wildman–Crippen MR) is 113 cm³/mol. The van der Waals surface area contributed by atoms with Crippen molar-refractivity contribution in [2.45, 2.75) is 65.5 Å². The third-order valence-corrected chi connectivity index (χ3v) is 9.53. The first-order valence-electron chi connectivity index (χ1n) is 9.62. The predicted octanol–water partition coefficient (Wildman–Crippen LogP) is 5.35. The molecule has 0 fully saturated rings. The number of carbonyl (C=O) groups excluding carboxylic acids is 1. The summed E-state index contributed by atoms with van der Waals surface area (Å²) < 4.78 is 17.4. The van der Waals surface area contributed by atoms with E-state index < -0.39 is 8.32 Å². The van der Waals surface area contributed by atoms with Crippen LogP contribution in [-0.2, 0) is 25.3 Å². The van der Waals surface area contributed by atoms with Crippen molar-refractivity contribution in [3.63, 3.8) is 0 Å². The Balaban J connectivity index is 2.54. The lowest BCUT2D eigenvalue weighted by Crippen LogP contribution is -2.42. The summed E-state index contributed by atoms with van der Waals surface area (Å²) in [5, 5.41) is 0.158. The van der Waals surface area contributed by atoms with Gasteiger partial charge in [0.25, 0.3) is 0 Å². The summed E-state index contributed by atoms with van der Waals surface area (Å²) in [7, 11) is -1.82. The molecule has 0 aliphatic carbocycles. The molecule has 0 unspecified atom stereocenters. The molecule has 0 aromatic heterocycles. The maximum absolute atomic E-state index is 11.5. The quantitative estimate of drug-likeness (QED) is 0.233. The van der Waals surface area contributed by atoms with Crippen LogP contribution in [0, 0.1) is 5.92 Å². The molecule has 0 aliphatic heterocycles. The van der Waals surface area contributed by atoms with Crippen LogP contribution < -0.4 is 0 Å². The van der Waals surface area contributed by atoms with Gasteiger partial charge >= 0.3 is 5.97 Å². The zero-order valence-electron chi connectivity index (χ0n) is 18.0. The van der Waals surface area contributed by atoms with Crippen LogP contribution >= 0.6 is 0 Å². The van der Waals surface area contributed by atoms with Gasteiger partial charge in [0.05, 0.1) is 13.2 Å². The molecular weight excluding hydrogens is 356 g/mol. The summed E-state index contributed by atoms with van der Waals surface area (Å²) in [4.78, 5) is 11.5. The molecule has 0 saturated carbocycles. The van der Waals surface area contributed by atoms with Crippen LogP contribution in [0.1, 0.15) is 40.2 Å². The molecule has 0 aliphatic rings. The molecule has 27 heavy (non-hydrogen) atoms. The molecule has 5 heteroatoms. The lowest BCUT2D eigenvalue weighted by atomic mass is 10.1. The Morgan fingerprint density at radius 3 is 2.37 bits per heavy atom. The van der Waals surface area contributed by atoms with Gasteiger partial charge in [-0.1, -0.05) is 64.1 Å². The van der Waals surface area contributed by atoms with Crippen LogP contribution in [0.25, 0.3) is 0 Å². The minimum absolute atomic E-state index is 0.0772. The molecule has 4 nitrogen and oxygen atoms in total. The van der Waals surface area contributed by atoms with Crippen molar-refractivity contribution in [2.24, 2.45) is 5.92 Å². The van der Waals surface area contributed by atoms with Crippen molar-refractivity contribution in [1.29, 1.82) is 0 Å². The van der Waals surface area contributed by atoms with E-state index in [0.29, 0.717) is 19.8 Å². The zero-order chi connectivity index (χ0) is 20.5. The van der Waals surface area contributed by atoms with Crippen LogP contribution in [0.4, 0.5) is 0 Å². The monoisotopic (exact) mass is 392 g/mol. The molecule has 0 N–H and O–H groups in total. The van der Waals surface area contributed by atoms with Gasteiger partial charge in [-0.2, -0.15) is 0 Å². The van der Waals surface area contributed by atoms with E-state index in [2.05, 4.69) is 40.8 Å². The van der Waals surface area contributed by atoms with Gasteiger partial charge in [0.2, 0.25) is 0 Å². The van der Waals surface area contributed by atoms with Gasteiger partial charge in [0.1, 0.15) is 6.10 Å². The van der Waals surface area contributed by atoms with Gasteiger partial charge in [-0.3, -0.25) is 4.79 Å². The van der Waals surface area contributed by atoms with Crippen LogP contribution in [0.15, 0.2) is 42.5 Å². The Kier molecular flexibility index (Phi) is 9.43. The summed E-state index contributed by atoms with van der Waals surface area (Å²) in [6, 6.07) is 10.0. The number of benzene rings is 1. The standard InChI is InChI=1S/C22H36O4Si/c1-18(16-25-27(6,7)22(3,4)5)21(26-19(2)23)14-11-15-24-17-20-12-9-8-10-13-20/h8-14,18,21H,15-17H2,1-7H3/b14-11+/t18-,21+/m0/s1. The first-order chi connectivity index (χ1) is 12.5. The van der Waals surface area contributed by atoms with Crippen LogP contribution in [0.2, 0.25) is 18.1 Å². The van der Waals surface area contributed by atoms with Crippen LogP contribution in [0.3, 0.4) is 0 Å². The Labute approximate surface area is 166 Å². The zero-order valence-corrected chi connectivity index (χ0v) is 19.0. The van der Waals surface area contributed by atoms with Gasteiger partial charge in [-0.25, -0.2) is 0 Å². The number of ether oxygens (including phenoxy) is 2. The number of hydrogen-bond acceptors (Lipinski definition) is 4. The highest BCUT2D eigenvalue weighted by atomic mass is 28.4. The second-order valence-electron chi connectivity index (χ2n) is 8.55. The molecule has 1 aromatic carbocycles. The summed E-state index contributed by atoms with van der Waals surface area (Å²) >= 11 is 0. The van der Waals surface area contributed by atoms with Crippen molar-refractivity contribution >= 4 is 14.3 Å². The van der Waals surface area contributed by atoms with E-state index in [4.69, 9.17) is 13.9 Å². The van der Waals surface area contributed by atoms with Crippen molar-refractivity contribution in [3.8, 4) is 0 Å². The molecular formula is C22H36O4Si. The molecule has 0 spiro atoms. The van der Waals surface area contributed by atoms with E-state index in [1.165, 1.54) is 6.92 Å². The van der Waals surface area contributed by atoms with Crippen molar-refractivity contribution in [2.75, 3.05) is 13.2 Å². The second-order valence-corrected chi connectivity index (χ2v) is 13.4. The van der Waals surface area contributed by atoms with Gasteiger partial charge in [-0.05, 0) is 29.8 Å². The molecule has 0 saturated heterocycles. The van der Waals surface area contributed by atoms with Crippen LogP contribution in [-0.4, -0.2) is 33.6 Å². The van der Waals surface area contributed by atoms with E-state index in [1.807, 2.05) is 42.5 Å². The fourth-order valence-electron chi connectivity index (χ4n) is 2.20. The van der Waals surface area contributed by atoms with Gasteiger partial charge in [0, 0.05) is 19.4 Å². The molecule has 0 radical (unpaired) electrons. The molecule has 1 rings (SSSR count). The summed E-state index contributed by atoms with van der Waals surface area (Å²) in [6.07, 6.45) is 3.51. The first-order valence-corrected chi connectivity index (χ1v) is 12.5. The lowest BCUT2D eigenvalue weighted by Gasteiger charge is -2.37. The average Bonchev–Trinajstić information content (AvgIpc) is 2.58. The van der Waals surface area contributed by atoms with Gasteiger partial charge < -0.3 is 13.9 Å². The van der Waals surface area contributed by atoms with E-state index in [1.54, 1.807) is 0 Å². The summed E-state index contributed by atoms with van der Waals surface area (Å²) in [5.41, 5.74) is 1.14. The molecule has 2 atom stereocenters. The number of carbonyl (C=O) groups is 1. The summed E-state index contributed by atoms with van der Waals surface area (Å²) in [6.45, 7) is 16.2. The number of rotatable bonds is 10. The normalized spacial score (nSPS) is 14.9. The van der Waals surface area contributed by atoms with E-state index >= 15 is 0 Å². The van der Waals surface area contributed by atoms with Crippen molar-refractivity contribution in [1.82, 2.24) is 0 Å². The fourth-order valence-corrected chi connectivity index (χ4v) is 3.31. The Morgan fingerprint density at radius 2 is 1.81 bits per heavy atom. The minimum atomic E-state index is -1.82. The maximum Gasteiger partial charge on any atom is 0.303 e. The second kappa shape index (κ2) is 10.8. The van der Waals surface area contributed by atoms with E-state index in [0.717, 1.165) is 5.56 Å². The third kappa shape index (κ3) is 8.87. The fraction of sp³-hybridized carbons (Fsp3) is 0.591. The lowest BCUT2D eigenvalue weighted by molar-refractivity contribution is -0.146. The van der Waals surface area contributed by atoms with Crippen molar-refractivity contribution in [3.05, 3.63) is 48.0 Å². The molecule has 1 aromatic rings. The smallest absolute Gasteiger partial charge is 0.303 e. The topological polar surface area (TPSA) is 44.8 Å². The number of hydrogen-bond donors (Lipinski definition) is 0. The van der Waals surface area contributed by atoms with Crippen LogP contribution in [0.5, 0.6) is 0 Å². The highest BCUT2D eigenvalue weighted by Gasteiger charge is 2.37. The first kappa shape index (κ1) is 23.6. The molecule has 0 bridgehead atoms. The maximum atomic E-state index is 11.5. The Morgan fingerprint density at radius 1 is 1.19 bits per heavy atom. The van der Waals surface area contributed by atoms with Gasteiger partial charge in [-0.15, -0.1) is 0 Å². The Bertz CT molecular complexity index is 590. The molecule has 0 heterocycles.